The van der Waals surface area contributed by atoms with E-state index < -0.39 is 12.8 Å². The molecule has 0 spiro atoms. The number of aryl methyl sites for hydroxylation is 1. The molecule has 1 aliphatic heterocycles. The molecule has 2 rings (SSSR count). The number of carbonyl (C=O) groups is 1. The van der Waals surface area contributed by atoms with Crippen LogP contribution >= 0.6 is 0 Å². The van der Waals surface area contributed by atoms with Crippen LogP contribution in [0.1, 0.15) is 38.1 Å². The molecule has 0 radical (unpaired) electrons. The van der Waals surface area contributed by atoms with Gasteiger partial charge in [-0.15, -0.1) is 0 Å². The maximum absolute atomic E-state index is 12.1. The quantitative estimate of drug-likeness (QED) is 0.752. The van der Waals surface area contributed by atoms with Crippen LogP contribution in [0.15, 0.2) is 12.4 Å². The van der Waals surface area contributed by atoms with Crippen LogP contribution < -0.4 is 0 Å². The Kier molecular flexibility index (Phi) is 6.04. The van der Waals surface area contributed by atoms with Crippen LogP contribution in [-0.2, 0) is 16.0 Å². The number of rotatable bonds is 6. The summed E-state index contributed by atoms with van der Waals surface area (Å²) in [4.78, 5) is 18.1. The fraction of sp³-hybridized carbons (Fsp3) is 0.733. The third-order valence-corrected chi connectivity index (χ3v) is 3.93. The molecule has 1 fully saturated rings. The van der Waals surface area contributed by atoms with Gasteiger partial charge in [-0.25, -0.2) is 4.98 Å². The molecule has 1 aromatic heterocycles. The number of amides is 1. The van der Waals surface area contributed by atoms with E-state index in [1.807, 2.05) is 13.1 Å². The van der Waals surface area contributed by atoms with Crippen molar-refractivity contribution in [1.29, 1.82) is 0 Å². The van der Waals surface area contributed by atoms with E-state index in [0.717, 1.165) is 25.1 Å². The zero-order valence-corrected chi connectivity index (χ0v) is 13.2. The van der Waals surface area contributed by atoms with Gasteiger partial charge in [-0.2, -0.15) is 13.2 Å². The maximum atomic E-state index is 12.1. The van der Waals surface area contributed by atoms with Crippen molar-refractivity contribution in [3.8, 4) is 0 Å². The lowest BCUT2D eigenvalue weighted by Crippen LogP contribution is -2.41. The number of nitrogens with zero attached hydrogens (tertiary/aromatic N) is 3. The fourth-order valence-electron chi connectivity index (χ4n) is 2.86. The number of hydrogen-bond acceptors (Lipinski definition) is 3. The summed E-state index contributed by atoms with van der Waals surface area (Å²) in [7, 11) is 0. The standard InChI is InChI=1S/C15H22F3N3O2/c1-2-13-19-6-8-21(13)12-4-3-7-20(10-12)14(22)5-9-23-11-15(16,17)18/h6,8,12H,2-5,7,9-11H2,1H3/t12-/m0/s1. The first-order chi connectivity index (χ1) is 10.9. The topological polar surface area (TPSA) is 47.4 Å². The molecular weight excluding hydrogens is 311 g/mol. The fourth-order valence-corrected chi connectivity index (χ4v) is 2.86. The minimum Gasteiger partial charge on any atom is -0.372 e. The molecule has 0 bridgehead atoms. The summed E-state index contributed by atoms with van der Waals surface area (Å²) in [6, 6.07) is 0.182. The van der Waals surface area contributed by atoms with Crippen LogP contribution in [0, 0.1) is 0 Å². The Bertz CT molecular complexity index is 516. The number of imidazole rings is 1. The first kappa shape index (κ1) is 17.8. The van der Waals surface area contributed by atoms with E-state index in [4.69, 9.17) is 0 Å². The van der Waals surface area contributed by atoms with E-state index >= 15 is 0 Å². The molecule has 1 amide bonds. The average molecular weight is 333 g/mol. The van der Waals surface area contributed by atoms with Crippen molar-refractivity contribution in [2.75, 3.05) is 26.3 Å². The summed E-state index contributed by atoms with van der Waals surface area (Å²) in [5.41, 5.74) is 0. The molecule has 0 aliphatic carbocycles. The highest BCUT2D eigenvalue weighted by molar-refractivity contribution is 5.76. The number of aromatic nitrogens is 2. The molecule has 1 saturated heterocycles. The average Bonchev–Trinajstić information content (AvgIpc) is 2.99. The summed E-state index contributed by atoms with van der Waals surface area (Å²) in [5, 5.41) is 0. The van der Waals surface area contributed by atoms with Crippen LogP contribution in [0.25, 0.3) is 0 Å². The number of alkyl halides is 3. The number of hydrogen-bond donors (Lipinski definition) is 0. The predicted molar refractivity (Wildman–Crippen MR) is 77.9 cm³/mol. The summed E-state index contributed by atoms with van der Waals surface area (Å²) in [5.74, 6) is 0.827. The molecule has 2 heterocycles. The molecule has 8 heteroatoms. The molecule has 0 unspecified atom stereocenters. The van der Waals surface area contributed by atoms with E-state index in [9.17, 15) is 18.0 Å². The number of halogens is 3. The van der Waals surface area contributed by atoms with Crippen molar-refractivity contribution in [2.45, 2.75) is 44.8 Å². The normalized spacial score (nSPS) is 19.1. The van der Waals surface area contributed by atoms with Crippen molar-refractivity contribution in [3.05, 3.63) is 18.2 Å². The highest BCUT2D eigenvalue weighted by Crippen LogP contribution is 2.23. The second-order valence-electron chi connectivity index (χ2n) is 5.66. The molecule has 1 atom stereocenters. The van der Waals surface area contributed by atoms with Crippen LogP contribution in [-0.4, -0.2) is 52.8 Å². The Morgan fingerprint density at radius 2 is 2.26 bits per heavy atom. The number of carbonyl (C=O) groups excluding carboxylic acids is 1. The minimum absolute atomic E-state index is 0.0205. The lowest BCUT2D eigenvalue weighted by Gasteiger charge is -2.34. The van der Waals surface area contributed by atoms with E-state index in [2.05, 4.69) is 14.3 Å². The SMILES string of the molecule is CCc1nccn1[C@H]1CCCN(C(=O)CCOCC(F)(F)F)C1. The molecule has 1 aliphatic rings. The second-order valence-corrected chi connectivity index (χ2v) is 5.66. The van der Waals surface area contributed by atoms with Gasteiger partial charge in [0.25, 0.3) is 0 Å². The lowest BCUT2D eigenvalue weighted by atomic mass is 10.0. The van der Waals surface area contributed by atoms with E-state index in [1.165, 1.54) is 0 Å². The second kappa shape index (κ2) is 7.81. The van der Waals surface area contributed by atoms with Crippen LogP contribution in [0.2, 0.25) is 0 Å². The van der Waals surface area contributed by atoms with E-state index in [1.54, 1.807) is 11.1 Å². The van der Waals surface area contributed by atoms with Gasteiger partial charge in [-0.05, 0) is 12.8 Å². The van der Waals surface area contributed by atoms with Gasteiger partial charge in [0.1, 0.15) is 12.4 Å². The van der Waals surface area contributed by atoms with Crippen LogP contribution in [0.3, 0.4) is 0 Å². The Morgan fingerprint density at radius 1 is 1.48 bits per heavy atom. The molecule has 1 aromatic rings. The van der Waals surface area contributed by atoms with Crippen molar-refractivity contribution in [3.63, 3.8) is 0 Å². The smallest absolute Gasteiger partial charge is 0.372 e. The summed E-state index contributed by atoms with van der Waals surface area (Å²) in [6.07, 6.45) is 1.97. The summed E-state index contributed by atoms with van der Waals surface area (Å²) >= 11 is 0. The van der Waals surface area contributed by atoms with Gasteiger partial charge in [-0.1, -0.05) is 6.92 Å². The first-order valence-corrected chi connectivity index (χ1v) is 7.84. The number of ether oxygens (including phenoxy) is 1. The molecular formula is C15H22F3N3O2. The van der Waals surface area contributed by atoms with Gasteiger partial charge >= 0.3 is 6.18 Å². The Balaban J connectivity index is 1.82. The van der Waals surface area contributed by atoms with Gasteiger partial charge < -0.3 is 14.2 Å². The van der Waals surface area contributed by atoms with Gasteiger partial charge in [0.2, 0.25) is 5.91 Å². The van der Waals surface area contributed by atoms with Crippen molar-refractivity contribution >= 4 is 5.91 Å². The van der Waals surface area contributed by atoms with Crippen molar-refractivity contribution in [1.82, 2.24) is 14.5 Å². The first-order valence-electron chi connectivity index (χ1n) is 7.84. The van der Waals surface area contributed by atoms with E-state index in [0.29, 0.717) is 13.1 Å². The molecule has 0 N–H and O–H groups in total. The maximum Gasteiger partial charge on any atom is 0.411 e. The zero-order valence-electron chi connectivity index (χ0n) is 13.2. The monoisotopic (exact) mass is 333 g/mol. The van der Waals surface area contributed by atoms with Gasteiger partial charge in [-0.3, -0.25) is 4.79 Å². The zero-order chi connectivity index (χ0) is 16.9. The third-order valence-electron chi connectivity index (χ3n) is 3.93. The number of piperidine rings is 1. The number of likely N-dealkylation sites (tertiary alicyclic amines) is 1. The lowest BCUT2D eigenvalue weighted by molar-refractivity contribution is -0.175. The van der Waals surface area contributed by atoms with Crippen molar-refractivity contribution < 1.29 is 22.7 Å². The molecule has 23 heavy (non-hydrogen) atoms. The summed E-state index contributed by atoms with van der Waals surface area (Å²) < 4.78 is 42.6. The summed E-state index contributed by atoms with van der Waals surface area (Å²) in [6.45, 7) is 1.73. The highest BCUT2D eigenvalue weighted by Gasteiger charge is 2.28. The van der Waals surface area contributed by atoms with E-state index in [-0.39, 0.29) is 25.0 Å². The predicted octanol–water partition coefficient (Wildman–Crippen LogP) is 2.58. The highest BCUT2D eigenvalue weighted by atomic mass is 19.4. The Morgan fingerprint density at radius 3 is 2.96 bits per heavy atom. The molecule has 0 saturated carbocycles. The largest absolute Gasteiger partial charge is 0.411 e. The van der Waals surface area contributed by atoms with Crippen LogP contribution in [0.4, 0.5) is 13.2 Å². The molecule has 130 valence electrons. The Labute approximate surface area is 133 Å². The minimum atomic E-state index is -4.35. The van der Waals surface area contributed by atoms with Gasteiger partial charge in [0.05, 0.1) is 19.1 Å². The molecule has 5 nitrogen and oxygen atoms in total. The van der Waals surface area contributed by atoms with Gasteiger partial charge in [0, 0.05) is 31.9 Å². The van der Waals surface area contributed by atoms with Crippen molar-refractivity contribution in [2.24, 2.45) is 0 Å². The molecule has 0 aromatic carbocycles. The van der Waals surface area contributed by atoms with Gasteiger partial charge in [0.15, 0.2) is 0 Å². The third kappa shape index (κ3) is 5.23. The Hall–Kier alpha value is -1.57. The van der Waals surface area contributed by atoms with Crippen LogP contribution in [0.5, 0.6) is 0 Å².